The molecule has 0 N–H and O–H groups in total. The van der Waals surface area contributed by atoms with Gasteiger partial charge in [-0.25, -0.2) is 0 Å². The normalized spacial score (nSPS) is 52.0. The van der Waals surface area contributed by atoms with Gasteiger partial charge in [0.1, 0.15) is 23.2 Å². The molecule has 0 bridgehead atoms. The Hall–Kier alpha value is -0.130. The Labute approximate surface area is 94.8 Å². The third-order valence-electron chi connectivity index (χ3n) is 5.87. The average molecular weight is 205 g/mol. The quantitative estimate of drug-likeness (QED) is 0.512. The highest BCUT2D eigenvalue weighted by Gasteiger charge is 2.70. The zero-order valence-electron chi connectivity index (χ0n) is 10.8. The maximum absolute atomic E-state index is 2.56. The van der Waals surface area contributed by atoms with E-state index < -0.39 is 0 Å². The van der Waals surface area contributed by atoms with Crippen LogP contribution in [0.15, 0.2) is 0 Å². The van der Waals surface area contributed by atoms with Crippen LogP contribution in [0.2, 0.25) is 0 Å². The van der Waals surface area contributed by atoms with Crippen LogP contribution in [0, 0.1) is 34.5 Å². The van der Waals surface area contributed by atoms with E-state index in [0.717, 1.165) is 17.8 Å². The third kappa shape index (κ3) is 1.17. The molecule has 0 aromatic carbocycles. The van der Waals surface area contributed by atoms with E-state index in [2.05, 4.69) is 27.7 Å². The summed E-state index contributed by atoms with van der Waals surface area (Å²) in [5.74, 6) is 4.94. The largest absolute Gasteiger partial charge is 0.109 e. The summed E-state index contributed by atoms with van der Waals surface area (Å²) in [6.45, 7) is 10.1. The highest BCUT2D eigenvalue weighted by Crippen LogP contribution is 2.70. The lowest BCUT2D eigenvalue weighted by molar-refractivity contribution is 0.165. The summed E-state index contributed by atoms with van der Waals surface area (Å²) in [5.41, 5.74) is 1.23. The molecule has 15 heavy (non-hydrogen) atoms. The van der Waals surface area contributed by atoms with Gasteiger partial charge in [0.05, 0.1) is 0 Å². The van der Waals surface area contributed by atoms with E-state index in [0.29, 0.717) is 10.8 Å². The summed E-state index contributed by atoms with van der Waals surface area (Å²) in [6, 6.07) is 0. The van der Waals surface area contributed by atoms with Crippen molar-refractivity contribution in [2.75, 3.05) is 0 Å². The van der Waals surface area contributed by atoms with Crippen LogP contribution in [0.4, 0.5) is 0 Å². The van der Waals surface area contributed by atoms with Crippen LogP contribution in [0.5, 0.6) is 0 Å². The molecule has 0 aliphatic heterocycles. The van der Waals surface area contributed by atoms with E-state index in [-0.39, 0.29) is 0 Å². The van der Waals surface area contributed by atoms with Crippen LogP contribution in [-0.4, -0.2) is 0 Å². The van der Waals surface area contributed by atoms with Crippen molar-refractivity contribution < 1.29 is 0 Å². The van der Waals surface area contributed by atoms with Gasteiger partial charge in [-0.15, -0.1) is 0 Å². The topological polar surface area (TPSA) is 0 Å². The van der Waals surface area contributed by atoms with Crippen LogP contribution in [0.25, 0.3) is 0 Å². The maximum Gasteiger partial charge on any atom is 0.109 e. The van der Waals surface area contributed by atoms with Crippen molar-refractivity contribution in [1.82, 2.24) is 0 Å². The fourth-order valence-corrected chi connectivity index (χ4v) is 5.41. The van der Waals surface area contributed by atoms with Gasteiger partial charge in [0, 0.05) is 11.8 Å². The lowest BCUT2D eigenvalue weighted by atomic mass is 9.63. The summed E-state index contributed by atoms with van der Waals surface area (Å²) < 4.78 is 0. The predicted octanol–water partition coefficient (Wildman–Crippen LogP) is 4.45. The van der Waals surface area contributed by atoms with Crippen molar-refractivity contribution in [3.63, 3.8) is 0 Å². The maximum atomic E-state index is 2.56. The number of rotatable bonds is 0. The van der Waals surface area contributed by atoms with Crippen molar-refractivity contribution in [2.45, 2.75) is 59.8 Å². The summed E-state index contributed by atoms with van der Waals surface area (Å²) in [5, 5.41) is 0. The first-order valence-corrected chi connectivity index (χ1v) is 6.81. The van der Waals surface area contributed by atoms with Crippen molar-refractivity contribution in [3.05, 3.63) is 5.92 Å². The first-order chi connectivity index (χ1) is 6.94. The van der Waals surface area contributed by atoms with Crippen LogP contribution in [-0.2, 0) is 0 Å². The molecule has 3 saturated carbocycles. The van der Waals surface area contributed by atoms with E-state index in [1.54, 1.807) is 0 Å². The van der Waals surface area contributed by atoms with Crippen LogP contribution < -0.4 is 0 Å². The standard InChI is InChI=1S/C15H25/c1-10-5-6-12-13-11(10)7-8-15(13,4)9-14(12,2)3/h10-12H,5-9H2,1-4H3/q+1/t10-,11+,12-,15+/m1/s1. The van der Waals surface area contributed by atoms with Crippen LogP contribution >= 0.6 is 0 Å². The molecule has 3 aliphatic rings. The molecule has 0 saturated heterocycles. The van der Waals surface area contributed by atoms with Gasteiger partial charge in [0.15, 0.2) is 0 Å². The molecule has 4 atom stereocenters. The number of hydrogen-bond acceptors (Lipinski definition) is 0. The van der Waals surface area contributed by atoms with Gasteiger partial charge in [-0.05, 0) is 38.5 Å². The molecule has 3 rings (SSSR count). The summed E-state index contributed by atoms with van der Waals surface area (Å²) >= 11 is 0. The van der Waals surface area contributed by atoms with Gasteiger partial charge >= 0.3 is 0 Å². The summed E-state index contributed by atoms with van der Waals surface area (Å²) in [6.07, 6.45) is 7.41. The summed E-state index contributed by atoms with van der Waals surface area (Å²) in [4.78, 5) is 0. The van der Waals surface area contributed by atoms with Gasteiger partial charge in [-0.3, -0.25) is 0 Å². The minimum Gasteiger partial charge on any atom is -0.0581 e. The summed E-state index contributed by atoms with van der Waals surface area (Å²) in [7, 11) is 0. The Bertz CT molecular complexity index is 278. The van der Waals surface area contributed by atoms with Crippen molar-refractivity contribution >= 4 is 0 Å². The van der Waals surface area contributed by atoms with E-state index in [1.165, 1.54) is 32.1 Å². The van der Waals surface area contributed by atoms with E-state index in [4.69, 9.17) is 0 Å². The van der Waals surface area contributed by atoms with Crippen LogP contribution in [0.3, 0.4) is 0 Å². The lowest BCUT2D eigenvalue weighted by Crippen LogP contribution is -2.33. The predicted molar refractivity (Wildman–Crippen MR) is 64.4 cm³/mol. The van der Waals surface area contributed by atoms with Crippen molar-refractivity contribution in [2.24, 2.45) is 28.6 Å². The fraction of sp³-hybridized carbons (Fsp3) is 0.933. The second-order valence-corrected chi connectivity index (χ2v) is 7.43. The molecule has 0 heteroatoms. The molecule has 0 unspecified atom stereocenters. The molecule has 0 spiro atoms. The molecule has 3 fully saturated rings. The first kappa shape index (κ1) is 10.1. The van der Waals surface area contributed by atoms with Gasteiger partial charge in [-0.2, -0.15) is 0 Å². The Morgan fingerprint density at radius 1 is 1.07 bits per heavy atom. The second-order valence-electron chi connectivity index (χ2n) is 7.43. The Morgan fingerprint density at radius 2 is 1.80 bits per heavy atom. The molecule has 3 aliphatic carbocycles. The van der Waals surface area contributed by atoms with E-state index in [9.17, 15) is 0 Å². The molecule has 0 aromatic rings. The van der Waals surface area contributed by atoms with Crippen LogP contribution in [0.1, 0.15) is 59.8 Å². The van der Waals surface area contributed by atoms with Gasteiger partial charge in [-0.1, -0.05) is 20.8 Å². The number of hydrogen-bond donors (Lipinski definition) is 0. The smallest absolute Gasteiger partial charge is 0.0581 e. The molecule has 0 aromatic heterocycles. The molecule has 0 heterocycles. The Kier molecular flexibility index (Phi) is 1.85. The molecule has 0 nitrogen and oxygen atoms in total. The van der Waals surface area contributed by atoms with Gasteiger partial charge in [0.25, 0.3) is 0 Å². The molecular weight excluding hydrogens is 180 g/mol. The lowest BCUT2D eigenvalue weighted by Gasteiger charge is -2.33. The van der Waals surface area contributed by atoms with Gasteiger partial charge in [0.2, 0.25) is 0 Å². The highest BCUT2D eigenvalue weighted by molar-refractivity contribution is 5.27. The monoisotopic (exact) mass is 205 g/mol. The minimum atomic E-state index is 0.600. The zero-order valence-corrected chi connectivity index (χ0v) is 10.8. The molecular formula is C15H25+. The van der Waals surface area contributed by atoms with E-state index >= 15 is 0 Å². The Balaban J connectivity index is 2.00. The zero-order chi connectivity index (χ0) is 10.8. The molecule has 84 valence electrons. The minimum absolute atomic E-state index is 0.600. The Morgan fingerprint density at radius 3 is 2.53 bits per heavy atom. The second kappa shape index (κ2) is 2.76. The molecule has 0 radical (unpaired) electrons. The van der Waals surface area contributed by atoms with Crippen molar-refractivity contribution in [1.29, 1.82) is 0 Å². The molecule has 0 amide bonds. The van der Waals surface area contributed by atoms with Crippen molar-refractivity contribution in [3.8, 4) is 0 Å². The third-order valence-corrected chi connectivity index (χ3v) is 5.87. The SMILES string of the molecule is C[C@@H]1CC[C@@H]2[C+]3[C@H]1CC[C@@]3(C)CC2(C)C. The van der Waals surface area contributed by atoms with E-state index in [1.807, 2.05) is 5.92 Å². The fourth-order valence-electron chi connectivity index (χ4n) is 5.41. The first-order valence-electron chi connectivity index (χ1n) is 6.81. The highest BCUT2D eigenvalue weighted by atomic mass is 14.7. The average Bonchev–Trinajstić information content (AvgIpc) is 2.53. The van der Waals surface area contributed by atoms with Gasteiger partial charge < -0.3 is 0 Å².